The summed E-state index contributed by atoms with van der Waals surface area (Å²) in [7, 11) is 0. The van der Waals surface area contributed by atoms with E-state index in [-0.39, 0.29) is 18.2 Å². The number of hydrazone groups is 1. The van der Waals surface area contributed by atoms with Crippen molar-refractivity contribution in [2.45, 2.75) is 51.5 Å². The lowest BCUT2D eigenvalue weighted by Gasteiger charge is -2.22. The molecule has 0 bridgehead atoms. The van der Waals surface area contributed by atoms with E-state index in [1.165, 1.54) is 0 Å². The predicted octanol–water partition coefficient (Wildman–Crippen LogP) is 1.70. The first-order valence-corrected chi connectivity index (χ1v) is 9.11. The Morgan fingerprint density at radius 2 is 1.96 bits per heavy atom. The molecule has 7 heteroatoms. The number of carbonyl (C=O) groups excluding carboxylic acids is 2. The van der Waals surface area contributed by atoms with Crippen molar-refractivity contribution >= 4 is 23.4 Å². The number of amidine groups is 1. The zero-order valence-corrected chi connectivity index (χ0v) is 15.0. The number of hydrogen-bond donors (Lipinski definition) is 3. The van der Waals surface area contributed by atoms with Gasteiger partial charge in [0.2, 0.25) is 5.91 Å². The summed E-state index contributed by atoms with van der Waals surface area (Å²) in [6.45, 7) is 2.23. The molecule has 1 aromatic rings. The zero-order valence-electron chi connectivity index (χ0n) is 15.0. The Hall–Kier alpha value is -2.70. The highest BCUT2D eigenvalue weighted by Crippen LogP contribution is 2.21. The molecular formula is C19H25N5O2. The number of hydrazine groups is 1. The van der Waals surface area contributed by atoms with E-state index >= 15 is 0 Å². The lowest BCUT2D eigenvalue weighted by atomic mass is 9.90. The van der Waals surface area contributed by atoms with Gasteiger partial charge in [0, 0.05) is 12.1 Å². The Balaban J connectivity index is 1.55. The number of benzene rings is 1. The molecule has 0 saturated heterocycles. The predicted molar refractivity (Wildman–Crippen MR) is 100 cm³/mol. The van der Waals surface area contributed by atoms with Crippen LogP contribution < -0.4 is 16.3 Å². The van der Waals surface area contributed by atoms with E-state index in [0.717, 1.165) is 42.9 Å². The van der Waals surface area contributed by atoms with Crippen molar-refractivity contribution in [2.75, 3.05) is 0 Å². The minimum absolute atomic E-state index is 0.0149. The number of hydrogen-bond acceptors (Lipinski definition) is 5. The van der Waals surface area contributed by atoms with Crippen molar-refractivity contribution in [2.24, 2.45) is 16.0 Å². The van der Waals surface area contributed by atoms with Gasteiger partial charge in [-0.15, -0.1) is 0 Å². The van der Waals surface area contributed by atoms with Gasteiger partial charge >= 0.3 is 0 Å². The third-order valence-corrected chi connectivity index (χ3v) is 4.73. The molecule has 1 atom stereocenters. The first-order valence-electron chi connectivity index (χ1n) is 9.11. The molecule has 3 N–H and O–H groups in total. The van der Waals surface area contributed by atoms with Gasteiger partial charge in [-0.05, 0) is 37.2 Å². The van der Waals surface area contributed by atoms with E-state index in [1.54, 1.807) is 0 Å². The maximum atomic E-state index is 12.1. The van der Waals surface area contributed by atoms with Gasteiger partial charge in [0.15, 0.2) is 0 Å². The smallest absolute Gasteiger partial charge is 0.263 e. The van der Waals surface area contributed by atoms with Crippen LogP contribution in [0.15, 0.2) is 40.4 Å². The summed E-state index contributed by atoms with van der Waals surface area (Å²) >= 11 is 0. The molecule has 1 aliphatic carbocycles. The van der Waals surface area contributed by atoms with Crippen molar-refractivity contribution in [3.8, 4) is 0 Å². The van der Waals surface area contributed by atoms with E-state index < -0.39 is 6.04 Å². The van der Waals surface area contributed by atoms with Gasteiger partial charge in [-0.25, -0.2) is 5.43 Å². The first-order chi connectivity index (χ1) is 12.6. The van der Waals surface area contributed by atoms with Crippen LogP contribution in [-0.2, 0) is 16.0 Å². The molecule has 1 unspecified atom stereocenters. The van der Waals surface area contributed by atoms with Crippen LogP contribution >= 0.6 is 0 Å². The molecule has 3 rings (SSSR count). The maximum absolute atomic E-state index is 12.1. The van der Waals surface area contributed by atoms with Crippen LogP contribution in [0.1, 0.15) is 44.6 Å². The molecule has 1 saturated carbocycles. The fraction of sp³-hybridized carbons (Fsp3) is 0.474. The SMILES string of the molecule is CC1CCC(=NNC(=O)CC2N=C(Cc3ccccc3)NNC2=O)CC1. The van der Waals surface area contributed by atoms with E-state index in [9.17, 15) is 9.59 Å². The number of nitrogens with zero attached hydrogens (tertiary/aromatic N) is 2. The topological polar surface area (TPSA) is 94.9 Å². The summed E-state index contributed by atoms with van der Waals surface area (Å²) in [5.41, 5.74) is 10.1. The monoisotopic (exact) mass is 355 g/mol. The zero-order chi connectivity index (χ0) is 18.4. The quantitative estimate of drug-likeness (QED) is 0.702. The fourth-order valence-corrected chi connectivity index (χ4v) is 3.08. The number of rotatable bonds is 5. The van der Waals surface area contributed by atoms with Crippen molar-refractivity contribution < 1.29 is 9.59 Å². The number of aliphatic imine (C=N–C) groups is 1. The van der Waals surface area contributed by atoms with Gasteiger partial charge in [0.1, 0.15) is 11.9 Å². The molecule has 2 aliphatic rings. The van der Waals surface area contributed by atoms with Crippen molar-refractivity contribution in [1.82, 2.24) is 16.3 Å². The number of nitrogens with one attached hydrogen (secondary N) is 3. The molecule has 7 nitrogen and oxygen atoms in total. The second kappa shape index (κ2) is 8.60. The summed E-state index contributed by atoms with van der Waals surface area (Å²) in [5.74, 6) is 0.763. The van der Waals surface area contributed by atoms with Gasteiger partial charge < -0.3 is 0 Å². The lowest BCUT2D eigenvalue weighted by Crippen LogP contribution is -2.52. The van der Waals surface area contributed by atoms with Crippen molar-refractivity contribution in [3.05, 3.63) is 35.9 Å². The minimum Gasteiger partial charge on any atom is -0.285 e. The average molecular weight is 355 g/mol. The van der Waals surface area contributed by atoms with Gasteiger partial charge in [-0.3, -0.25) is 25.4 Å². The van der Waals surface area contributed by atoms with E-state index in [4.69, 9.17) is 0 Å². The van der Waals surface area contributed by atoms with Crippen molar-refractivity contribution in [3.63, 3.8) is 0 Å². The summed E-state index contributed by atoms with van der Waals surface area (Å²) in [6, 6.07) is 9.10. The van der Waals surface area contributed by atoms with Crippen molar-refractivity contribution in [1.29, 1.82) is 0 Å². The van der Waals surface area contributed by atoms with Crippen LogP contribution in [0.25, 0.3) is 0 Å². The van der Waals surface area contributed by atoms with Crippen LogP contribution in [0.2, 0.25) is 0 Å². The Labute approximate surface area is 153 Å². The van der Waals surface area contributed by atoms with Crippen LogP contribution in [0.3, 0.4) is 0 Å². The van der Waals surface area contributed by atoms with Gasteiger partial charge in [0.25, 0.3) is 5.91 Å². The maximum Gasteiger partial charge on any atom is 0.263 e. The average Bonchev–Trinajstić information content (AvgIpc) is 2.65. The Morgan fingerprint density at radius 3 is 2.69 bits per heavy atom. The molecule has 1 aromatic carbocycles. The van der Waals surface area contributed by atoms with Gasteiger partial charge in [0.05, 0.1) is 6.42 Å². The normalized spacial score (nSPS) is 22.7. The third-order valence-electron chi connectivity index (χ3n) is 4.73. The van der Waals surface area contributed by atoms with Crippen LogP contribution in [0.4, 0.5) is 0 Å². The summed E-state index contributed by atoms with van der Waals surface area (Å²) < 4.78 is 0. The number of carbonyl (C=O) groups is 2. The standard InChI is InChI=1S/C19H25N5O2/c1-13-7-9-15(10-8-13)21-23-18(25)12-16-19(26)24-22-17(20-16)11-14-5-3-2-4-6-14/h2-6,13,16H,7-12H2,1H3,(H,20,22)(H,23,25)(H,24,26). The van der Waals surface area contributed by atoms with Crippen LogP contribution in [-0.4, -0.2) is 29.4 Å². The minimum atomic E-state index is -0.735. The second-order valence-corrected chi connectivity index (χ2v) is 6.97. The lowest BCUT2D eigenvalue weighted by molar-refractivity contribution is -0.128. The molecule has 0 aromatic heterocycles. The first kappa shape index (κ1) is 18.1. The largest absolute Gasteiger partial charge is 0.285 e. The molecule has 26 heavy (non-hydrogen) atoms. The molecule has 0 radical (unpaired) electrons. The molecule has 1 heterocycles. The molecule has 2 amide bonds. The summed E-state index contributed by atoms with van der Waals surface area (Å²) in [5, 5.41) is 4.22. The molecule has 1 aliphatic heterocycles. The van der Waals surface area contributed by atoms with Crippen LogP contribution in [0.5, 0.6) is 0 Å². The Morgan fingerprint density at radius 1 is 1.23 bits per heavy atom. The highest BCUT2D eigenvalue weighted by atomic mass is 16.2. The second-order valence-electron chi connectivity index (χ2n) is 6.97. The van der Waals surface area contributed by atoms with E-state index in [1.807, 2.05) is 30.3 Å². The van der Waals surface area contributed by atoms with Gasteiger partial charge in [-0.2, -0.15) is 5.10 Å². The molecule has 0 spiro atoms. The fourth-order valence-electron chi connectivity index (χ4n) is 3.08. The Bertz CT molecular complexity index is 704. The Kier molecular flexibility index (Phi) is 5.99. The highest BCUT2D eigenvalue weighted by Gasteiger charge is 2.25. The summed E-state index contributed by atoms with van der Waals surface area (Å²) in [4.78, 5) is 28.5. The van der Waals surface area contributed by atoms with Crippen LogP contribution in [0, 0.1) is 5.92 Å². The van der Waals surface area contributed by atoms with E-state index in [2.05, 4.69) is 33.3 Å². The molecule has 138 valence electrons. The number of amides is 2. The van der Waals surface area contributed by atoms with Gasteiger partial charge in [-0.1, -0.05) is 37.3 Å². The third kappa shape index (κ3) is 5.15. The molecular weight excluding hydrogens is 330 g/mol. The summed E-state index contributed by atoms with van der Waals surface area (Å²) in [6.07, 6.45) is 4.62. The van der Waals surface area contributed by atoms with E-state index in [0.29, 0.717) is 12.3 Å². The molecule has 1 fully saturated rings. The highest BCUT2D eigenvalue weighted by molar-refractivity contribution is 5.97.